The maximum absolute atomic E-state index is 11.4. The lowest BCUT2D eigenvalue weighted by atomic mass is 10.1. The van der Waals surface area contributed by atoms with Crippen LogP contribution in [0.1, 0.15) is 5.56 Å². The van der Waals surface area contributed by atoms with Crippen molar-refractivity contribution in [3.8, 4) is 0 Å². The van der Waals surface area contributed by atoms with E-state index in [2.05, 4.69) is 5.73 Å². The molecule has 1 atom stereocenters. The summed E-state index contributed by atoms with van der Waals surface area (Å²) in [5.74, 6) is -0.266. The van der Waals surface area contributed by atoms with E-state index in [9.17, 15) is 9.59 Å². The molecule has 0 aliphatic carbocycles. The highest BCUT2D eigenvalue weighted by atomic mass is 16.6. The zero-order valence-corrected chi connectivity index (χ0v) is 8.76. The molecule has 1 heterocycles. The number of carbonyl (C=O) groups excluding carboxylic acids is 2. The average Bonchev–Trinajstić information content (AvgIpc) is 2.33. The van der Waals surface area contributed by atoms with Gasteiger partial charge in [0.25, 0.3) is 5.91 Å². The summed E-state index contributed by atoms with van der Waals surface area (Å²) in [6, 6.07) is 9.03. The molecule has 3 N–H and O–H groups in total. The lowest BCUT2D eigenvalue weighted by Gasteiger charge is -2.30. The number of hydrogen-bond acceptors (Lipinski definition) is 3. The molecule has 5 heteroatoms. The van der Waals surface area contributed by atoms with E-state index in [-0.39, 0.29) is 18.6 Å². The van der Waals surface area contributed by atoms with E-state index >= 15 is 0 Å². The van der Waals surface area contributed by atoms with Crippen molar-refractivity contribution in [1.29, 1.82) is 0 Å². The number of hydrogen-bond donors (Lipinski definition) is 1. The predicted octanol–water partition coefficient (Wildman–Crippen LogP) is -0.224. The summed E-state index contributed by atoms with van der Waals surface area (Å²) >= 11 is 0. The van der Waals surface area contributed by atoms with Gasteiger partial charge in [0.1, 0.15) is 6.61 Å². The van der Waals surface area contributed by atoms with Crippen molar-refractivity contribution in [1.82, 2.24) is 4.90 Å². The molecule has 84 valence electrons. The Labute approximate surface area is 92.8 Å². The summed E-state index contributed by atoms with van der Waals surface area (Å²) < 4.78 is 4.99. The van der Waals surface area contributed by atoms with E-state index < -0.39 is 6.09 Å². The molecule has 1 fully saturated rings. The van der Waals surface area contributed by atoms with Crippen LogP contribution in [-0.2, 0) is 16.1 Å². The number of nitrogens with zero attached hydrogens (tertiary/aromatic N) is 1. The second-order valence-electron chi connectivity index (χ2n) is 3.69. The summed E-state index contributed by atoms with van der Waals surface area (Å²) in [6.45, 7) is 0.539. The van der Waals surface area contributed by atoms with Crippen LogP contribution in [0.4, 0.5) is 4.79 Å². The van der Waals surface area contributed by atoms with Crippen molar-refractivity contribution in [2.75, 3.05) is 6.54 Å². The van der Waals surface area contributed by atoms with E-state index in [1.54, 1.807) is 0 Å². The molecule has 0 saturated carbocycles. The zero-order chi connectivity index (χ0) is 11.5. The van der Waals surface area contributed by atoms with Gasteiger partial charge in [-0.3, -0.25) is 4.79 Å². The molecule has 1 aromatic rings. The molecule has 2 amide bonds. The molecule has 0 spiro atoms. The Bertz CT molecular complexity index is 405. The first-order valence-corrected chi connectivity index (χ1v) is 5.03. The van der Waals surface area contributed by atoms with Crippen LogP contribution in [0.25, 0.3) is 0 Å². The van der Waals surface area contributed by atoms with Gasteiger partial charge in [-0.2, -0.15) is 0 Å². The smallest absolute Gasteiger partial charge is 0.417 e. The predicted molar refractivity (Wildman–Crippen MR) is 55.0 cm³/mol. The van der Waals surface area contributed by atoms with Crippen molar-refractivity contribution in [3.63, 3.8) is 0 Å². The molecule has 0 unspecified atom stereocenters. The molecular formula is C11H13N2O3+. The quantitative estimate of drug-likeness (QED) is 0.701. The van der Waals surface area contributed by atoms with Crippen molar-refractivity contribution >= 4 is 12.0 Å². The van der Waals surface area contributed by atoms with Gasteiger partial charge in [-0.05, 0) is 5.56 Å². The molecule has 0 aromatic heterocycles. The largest absolute Gasteiger partial charge is 0.444 e. The molecule has 0 radical (unpaired) electrons. The third-order valence-corrected chi connectivity index (χ3v) is 2.44. The van der Waals surface area contributed by atoms with Gasteiger partial charge in [0.15, 0.2) is 6.04 Å². The molecule has 1 aliphatic rings. The van der Waals surface area contributed by atoms with Crippen molar-refractivity contribution in [3.05, 3.63) is 35.9 Å². The number of benzene rings is 1. The highest BCUT2D eigenvalue weighted by Gasteiger charge is 2.42. The standard InChI is InChI=1S/C11H12N2O3/c12-9-6-13(10(9)14)11(15)16-7-8-4-2-1-3-5-8/h1-5,9H,6-7,12H2/p+1/t9-/m0/s1. The summed E-state index contributed by atoms with van der Waals surface area (Å²) in [4.78, 5) is 23.7. The molecule has 2 rings (SSSR count). The molecule has 0 bridgehead atoms. The SMILES string of the molecule is [NH3+][C@H]1CN(C(=O)OCc2ccccc2)C1=O. The van der Waals surface area contributed by atoms with E-state index in [4.69, 9.17) is 4.74 Å². The maximum atomic E-state index is 11.4. The van der Waals surface area contributed by atoms with Crippen LogP contribution in [0.2, 0.25) is 0 Å². The van der Waals surface area contributed by atoms with Gasteiger partial charge in [-0.1, -0.05) is 30.3 Å². The number of carbonyl (C=O) groups is 2. The molecule has 1 aromatic carbocycles. The minimum atomic E-state index is -0.589. The van der Waals surface area contributed by atoms with Gasteiger partial charge in [0.2, 0.25) is 0 Å². The van der Waals surface area contributed by atoms with Crippen molar-refractivity contribution in [2.45, 2.75) is 12.6 Å². The number of rotatable bonds is 2. The number of amides is 2. The van der Waals surface area contributed by atoms with E-state index in [1.165, 1.54) is 0 Å². The molecule has 1 aliphatic heterocycles. The second-order valence-corrected chi connectivity index (χ2v) is 3.69. The molecular weight excluding hydrogens is 208 g/mol. The first-order chi connectivity index (χ1) is 7.68. The maximum Gasteiger partial charge on any atom is 0.417 e. The summed E-state index contributed by atoms with van der Waals surface area (Å²) in [5.41, 5.74) is 4.47. The highest BCUT2D eigenvalue weighted by Crippen LogP contribution is 2.10. The molecule has 5 nitrogen and oxygen atoms in total. The van der Waals surface area contributed by atoms with Crippen LogP contribution in [0, 0.1) is 0 Å². The highest BCUT2D eigenvalue weighted by molar-refractivity contribution is 5.99. The van der Waals surface area contributed by atoms with Gasteiger partial charge in [-0.15, -0.1) is 0 Å². The summed E-state index contributed by atoms with van der Waals surface area (Å²) in [7, 11) is 0. The zero-order valence-electron chi connectivity index (χ0n) is 8.76. The Balaban J connectivity index is 1.83. The van der Waals surface area contributed by atoms with E-state index in [1.807, 2.05) is 30.3 Å². The number of β-lactam (4-membered cyclic amide) rings is 1. The third kappa shape index (κ3) is 2.04. The molecule has 1 saturated heterocycles. The second kappa shape index (κ2) is 4.32. The fourth-order valence-electron chi connectivity index (χ4n) is 1.46. The van der Waals surface area contributed by atoms with E-state index in [0.29, 0.717) is 6.54 Å². The number of likely N-dealkylation sites (tertiary alicyclic amines) is 1. The van der Waals surface area contributed by atoms with Crippen LogP contribution in [0.15, 0.2) is 30.3 Å². The lowest BCUT2D eigenvalue weighted by Crippen LogP contribution is -2.79. The Kier molecular flexibility index (Phi) is 2.87. The summed E-state index contributed by atoms with van der Waals surface area (Å²) in [5, 5.41) is 0. The van der Waals surface area contributed by atoms with Crippen molar-refractivity contribution in [2.24, 2.45) is 0 Å². The number of ether oxygens (including phenoxy) is 1. The number of quaternary nitrogens is 1. The third-order valence-electron chi connectivity index (χ3n) is 2.44. The minimum absolute atomic E-state index is 0.186. The minimum Gasteiger partial charge on any atom is -0.444 e. The summed E-state index contributed by atoms with van der Waals surface area (Å²) in [6.07, 6.45) is -0.589. The fraction of sp³-hybridized carbons (Fsp3) is 0.273. The van der Waals surface area contributed by atoms with Crippen LogP contribution >= 0.6 is 0 Å². The first kappa shape index (κ1) is 10.6. The normalized spacial score (nSPS) is 19.2. The van der Waals surface area contributed by atoms with Crippen LogP contribution in [-0.4, -0.2) is 29.5 Å². The monoisotopic (exact) mass is 221 g/mol. The average molecular weight is 221 g/mol. The van der Waals surface area contributed by atoms with Gasteiger partial charge in [-0.25, -0.2) is 9.69 Å². The topological polar surface area (TPSA) is 74.2 Å². The van der Waals surface area contributed by atoms with Gasteiger partial charge >= 0.3 is 6.09 Å². The van der Waals surface area contributed by atoms with Gasteiger partial charge in [0.05, 0.1) is 6.54 Å². The van der Waals surface area contributed by atoms with Crippen LogP contribution < -0.4 is 5.73 Å². The Morgan fingerprint density at radius 2 is 2.12 bits per heavy atom. The number of imide groups is 1. The first-order valence-electron chi connectivity index (χ1n) is 5.03. The fourth-order valence-corrected chi connectivity index (χ4v) is 1.46. The van der Waals surface area contributed by atoms with E-state index in [0.717, 1.165) is 10.5 Å². The Hall–Kier alpha value is -1.88. The Morgan fingerprint density at radius 3 is 2.69 bits per heavy atom. The van der Waals surface area contributed by atoms with Crippen LogP contribution in [0.5, 0.6) is 0 Å². The molecule has 16 heavy (non-hydrogen) atoms. The van der Waals surface area contributed by atoms with Gasteiger partial charge < -0.3 is 10.5 Å². The lowest BCUT2D eigenvalue weighted by molar-refractivity contribution is -0.419. The van der Waals surface area contributed by atoms with Crippen molar-refractivity contribution < 1.29 is 20.1 Å². The van der Waals surface area contributed by atoms with Gasteiger partial charge in [0, 0.05) is 0 Å². The van der Waals surface area contributed by atoms with Crippen LogP contribution in [0.3, 0.4) is 0 Å². The Morgan fingerprint density at radius 1 is 1.44 bits per heavy atom.